The first-order valence-corrected chi connectivity index (χ1v) is 7.38. The Kier molecular flexibility index (Phi) is 4.17. The van der Waals surface area contributed by atoms with Gasteiger partial charge in [-0.3, -0.25) is 0 Å². The molecule has 0 amide bonds. The molecule has 9 heteroatoms. The number of halogens is 1. The molecule has 2 rings (SSSR count). The SMILES string of the molecule is COc1ncc(Br)cc1S(=O)(=O)NCc1ncco1. The Morgan fingerprint density at radius 2 is 2.26 bits per heavy atom. The van der Waals surface area contributed by atoms with Gasteiger partial charge in [0, 0.05) is 10.7 Å². The third-order valence-corrected chi connectivity index (χ3v) is 3.99. The molecule has 0 spiro atoms. The van der Waals surface area contributed by atoms with Crippen molar-refractivity contribution in [3.05, 3.63) is 35.1 Å². The molecule has 1 N–H and O–H groups in total. The molecule has 19 heavy (non-hydrogen) atoms. The Bertz CT molecular complexity index is 657. The number of pyridine rings is 1. The number of nitrogens with one attached hydrogen (secondary N) is 1. The minimum atomic E-state index is -3.77. The number of oxazole rings is 1. The van der Waals surface area contributed by atoms with Gasteiger partial charge in [-0.1, -0.05) is 0 Å². The van der Waals surface area contributed by atoms with Crippen molar-refractivity contribution in [2.45, 2.75) is 11.4 Å². The Balaban J connectivity index is 2.26. The molecule has 2 aromatic rings. The van der Waals surface area contributed by atoms with Crippen molar-refractivity contribution in [3.8, 4) is 5.88 Å². The van der Waals surface area contributed by atoms with Crippen molar-refractivity contribution < 1.29 is 17.6 Å². The summed E-state index contributed by atoms with van der Waals surface area (Å²) in [7, 11) is -2.42. The van der Waals surface area contributed by atoms with Crippen LogP contribution in [0.25, 0.3) is 0 Å². The fourth-order valence-corrected chi connectivity index (χ4v) is 2.93. The number of hydrogen-bond donors (Lipinski definition) is 1. The van der Waals surface area contributed by atoms with Crippen LogP contribution in [0.15, 0.2) is 38.5 Å². The summed E-state index contributed by atoms with van der Waals surface area (Å²) in [4.78, 5) is 7.64. The first-order chi connectivity index (χ1) is 9.03. The first kappa shape index (κ1) is 14.0. The van der Waals surface area contributed by atoms with E-state index in [0.29, 0.717) is 4.47 Å². The second-order valence-corrected chi connectivity index (χ2v) is 6.06. The Hall–Kier alpha value is -1.45. The van der Waals surface area contributed by atoms with Crippen molar-refractivity contribution in [1.82, 2.24) is 14.7 Å². The highest BCUT2D eigenvalue weighted by Gasteiger charge is 2.21. The molecule has 0 bridgehead atoms. The average molecular weight is 348 g/mol. The van der Waals surface area contributed by atoms with E-state index < -0.39 is 10.0 Å². The summed E-state index contributed by atoms with van der Waals surface area (Å²) < 4.78 is 37.0. The van der Waals surface area contributed by atoms with Gasteiger partial charge in [0.2, 0.25) is 21.8 Å². The number of methoxy groups -OCH3 is 1. The van der Waals surface area contributed by atoms with Crippen LogP contribution in [0.3, 0.4) is 0 Å². The molecule has 7 nitrogen and oxygen atoms in total. The molecular formula is C10H10BrN3O4S. The summed E-state index contributed by atoms with van der Waals surface area (Å²) in [5.74, 6) is 0.286. The van der Waals surface area contributed by atoms with Gasteiger partial charge in [0.15, 0.2) is 0 Å². The topological polar surface area (TPSA) is 94.3 Å². The van der Waals surface area contributed by atoms with Gasteiger partial charge in [0.05, 0.1) is 19.9 Å². The van der Waals surface area contributed by atoms with Crippen LogP contribution in [0.4, 0.5) is 0 Å². The number of ether oxygens (including phenoxy) is 1. The highest BCUT2D eigenvalue weighted by molar-refractivity contribution is 9.10. The largest absolute Gasteiger partial charge is 0.480 e. The normalized spacial score (nSPS) is 11.5. The lowest BCUT2D eigenvalue weighted by Crippen LogP contribution is -2.24. The molecule has 0 saturated carbocycles. The summed E-state index contributed by atoms with van der Waals surface area (Å²) in [6.45, 7) is -0.0506. The molecular weight excluding hydrogens is 338 g/mol. The molecule has 2 heterocycles. The second kappa shape index (κ2) is 5.68. The summed E-state index contributed by atoms with van der Waals surface area (Å²) in [6.07, 6.45) is 4.25. The number of hydrogen-bond acceptors (Lipinski definition) is 6. The lowest BCUT2D eigenvalue weighted by atomic mass is 10.5. The van der Waals surface area contributed by atoms with E-state index in [2.05, 4.69) is 30.6 Å². The van der Waals surface area contributed by atoms with Crippen LogP contribution < -0.4 is 9.46 Å². The van der Waals surface area contributed by atoms with E-state index in [1.54, 1.807) is 0 Å². The maximum atomic E-state index is 12.1. The molecule has 102 valence electrons. The Morgan fingerprint density at radius 3 is 2.89 bits per heavy atom. The summed E-state index contributed by atoms with van der Waals surface area (Å²) >= 11 is 3.17. The standard InChI is InChI=1S/C10H10BrN3O4S/c1-17-10-8(4-7(11)5-13-10)19(15,16)14-6-9-12-2-3-18-9/h2-5,14H,6H2,1H3. The van der Waals surface area contributed by atoms with Crippen molar-refractivity contribution in [2.75, 3.05) is 7.11 Å². The summed E-state index contributed by atoms with van der Waals surface area (Å²) in [6, 6.07) is 1.41. The van der Waals surface area contributed by atoms with Gasteiger partial charge < -0.3 is 9.15 Å². The minimum Gasteiger partial charge on any atom is -0.480 e. The van der Waals surface area contributed by atoms with Crippen LogP contribution >= 0.6 is 15.9 Å². The predicted octanol–water partition coefficient (Wildman–Crippen LogP) is 1.32. The zero-order valence-electron chi connectivity index (χ0n) is 9.83. The molecule has 0 unspecified atom stereocenters. The maximum absolute atomic E-state index is 12.1. The first-order valence-electron chi connectivity index (χ1n) is 5.10. The van der Waals surface area contributed by atoms with Gasteiger partial charge in [-0.15, -0.1) is 0 Å². The number of sulfonamides is 1. The highest BCUT2D eigenvalue weighted by Crippen LogP contribution is 2.24. The highest BCUT2D eigenvalue weighted by atomic mass is 79.9. The van der Waals surface area contributed by atoms with E-state index >= 15 is 0 Å². The molecule has 0 fully saturated rings. The molecule has 0 aliphatic rings. The molecule has 0 saturated heterocycles. The van der Waals surface area contributed by atoms with Gasteiger partial charge in [0.25, 0.3) is 0 Å². The molecule has 0 atom stereocenters. The Labute approximate surface area is 118 Å². The third kappa shape index (κ3) is 3.31. The number of nitrogens with zero attached hydrogens (tertiary/aromatic N) is 2. The van der Waals surface area contributed by atoms with Crippen LogP contribution in [0.1, 0.15) is 5.89 Å². The van der Waals surface area contributed by atoms with Crippen LogP contribution in [0.2, 0.25) is 0 Å². The smallest absolute Gasteiger partial charge is 0.246 e. The van der Waals surface area contributed by atoms with Gasteiger partial charge >= 0.3 is 0 Å². The van der Waals surface area contributed by atoms with Crippen LogP contribution in [0, 0.1) is 0 Å². The fraction of sp³-hybridized carbons (Fsp3) is 0.200. The van der Waals surface area contributed by atoms with Crippen molar-refractivity contribution in [2.24, 2.45) is 0 Å². The van der Waals surface area contributed by atoms with E-state index in [9.17, 15) is 8.42 Å². The maximum Gasteiger partial charge on any atom is 0.246 e. The molecule has 2 aromatic heterocycles. The van der Waals surface area contributed by atoms with Crippen molar-refractivity contribution in [3.63, 3.8) is 0 Å². The van der Waals surface area contributed by atoms with Gasteiger partial charge in [-0.25, -0.2) is 23.1 Å². The lowest BCUT2D eigenvalue weighted by Gasteiger charge is -2.09. The molecule has 0 aliphatic heterocycles. The quantitative estimate of drug-likeness (QED) is 0.876. The van der Waals surface area contributed by atoms with E-state index in [1.165, 1.54) is 31.8 Å². The summed E-state index contributed by atoms with van der Waals surface area (Å²) in [5, 5.41) is 0. The van der Waals surface area contributed by atoms with E-state index in [0.717, 1.165) is 0 Å². The van der Waals surface area contributed by atoms with Crippen LogP contribution in [-0.2, 0) is 16.6 Å². The zero-order chi connectivity index (χ0) is 13.9. The number of rotatable bonds is 5. The Morgan fingerprint density at radius 1 is 1.47 bits per heavy atom. The van der Waals surface area contributed by atoms with Gasteiger partial charge in [-0.05, 0) is 22.0 Å². The van der Waals surface area contributed by atoms with Crippen molar-refractivity contribution >= 4 is 26.0 Å². The monoisotopic (exact) mass is 347 g/mol. The van der Waals surface area contributed by atoms with E-state index in [1.807, 2.05) is 0 Å². The van der Waals surface area contributed by atoms with Gasteiger partial charge in [-0.2, -0.15) is 0 Å². The van der Waals surface area contributed by atoms with Crippen LogP contribution in [-0.4, -0.2) is 25.5 Å². The molecule has 0 aliphatic carbocycles. The second-order valence-electron chi connectivity index (χ2n) is 3.41. The molecule has 0 aromatic carbocycles. The fourth-order valence-electron chi connectivity index (χ4n) is 1.33. The predicted molar refractivity (Wildman–Crippen MR) is 69.0 cm³/mol. The zero-order valence-corrected chi connectivity index (χ0v) is 12.2. The van der Waals surface area contributed by atoms with E-state index in [4.69, 9.17) is 9.15 Å². The molecule has 0 radical (unpaired) electrons. The van der Waals surface area contributed by atoms with Crippen LogP contribution in [0.5, 0.6) is 5.88 Å². The van der Waals surface area contributed by atoms with E-state index in [-0.39, 0.29) is 23.2 Å². The summed E-state index contributed by atoms with van der Waals surface area (Å²) in [5.41, 5.74) is 0. The lowest BCUT2D eigenvalue weighted by molar-refractivity contribution is 0.384. The minimum absolute atomic E-state index is 0.0168. The van der Waals surface area contributed by atoms with Gasteiger partial charge in [0.1, 0.15) is 11.2 Å². The number of aromatic nitrogens is 2. The van der Waals surface area contributed by atoms with Crippen molar-refractivity contribution in [1.29, 1.82) is 0 Å². The third-order valence-electron chi connectivity index (χ3n) is 2.16. The average Bonchev–Trinajstić information content (AvgIpc) is 2.89.